The highest BCUT2D eigenvalue weighted by Crippen LogP contribution is 2.34. The third-order valence-electron chi connectivity index (χ3n) is 5.55. The van der Waals surface area contributed by atoms with Gasteiger partial charge in [0, 0.05) is 18.5 Å². The number of carbonyl (C=O) groups is 1. The third kappa shape index (κ3) is 4.27. The van der Waals surface area contributed by atoms with E-state index in [0.29, 0.717) is 24.4 Å². The Labute approximate surface area is 146 Å². The molecular weight excluding hydrogens is 308 g/mol. The number of likely N-dealkylation sites (tertiary alicyclic amines) is 1. The highest BCUT2D eigenvalue weighted by atomic mass is 35.5. The summed E-state index contributed by atoms with van der Waals surface area (Å²) in [6.07, 6.45) is 7.83. The molecule has 0 bridgehead atoms. The third-order valence-corrected chi connectivity index (χ3v) is 5.55. The van der Waals surface area contributed by atoms with Crippen molar-refractivity contribution in [2.45, 2.75) is 51.0 Å². The molecule has 1 unspecified atom stereocenters. The SMILES string of the molecule is Cl.NC[C@H]1CCC[C@H]1C(=O)N1CCCC1CCc1ccccc1. The van der Waals surface area contributed by atoms with E-state index in [1.165, 1.54) is 18.4 Å². The molecule has 1 aromatic rings. The fourth-order valence-corrected chi connectivity index (χ4v) is 4.26. The number of hydrogen-bond donors (Lipinski definition) is 1. The van der Waals surface area contributed by atoms with Crippen LogP contribution in [0.5, 0.6) is 0 Å². The number of benzene rings is 1. The number of rotatable bonds is 5. The fourth-order valence-electron chi connectivity index (χ4n) is 4.26. The van der Waals surface area contributed by atoms with Crippen molar-refractivity contribution in [1.29, 1.82) is 0 Å². The first-order chi connectivity index (χ1) is 10.8. The van der Waals surface area contributed by atoms with E-state index in [1.54, 1.807) is 0 Å². The first kappa shape index (κ1) is 18.3. The maximum Gasteiger partial charge on any atom is 0.226 e. The molecule has 3 rings (SSSR count). The van der Waals surface area contributed by atoms with Crippen molar-refractivity contribution in [3.05, 3.63) is 35.9 Å². The molecule has 1 saturated carbocycles. The largest absolute Gasteiger partial charge is 0.339 e. The molecule has 1 aromatic carbocycles. The van der Waals surface area contributed by atoms with Crippen LogP contribution in [0, 0.1) is 11.8 Å². The number of nitrogens with two attached hydrogens (primary N) is 1. The Balaban J connectivity index is 0.00000192. The first-order valence-corrected chi connectivity index (χ1v) is 8.84. The standard InChI is InChI=1S/C19H28N2O.ClH/c20-14-16-8-4-10-18(16)19(22)21-13-5-9-17(21)12-11-15-6-2-1-3-7-15;/h1-3,6-7,16-18H,4-5,8-14,20H2;1H/t16-,17?,18-;/m1./s1. The van der Waals surface area contributed by atoms with Crippen LogP contribution >= 0.6 is 12.4 Å². The van der Waals surface area contributed by atoms with Gasteiger partial charge in [0.05, 0.1) is 0 Å². The molecule has 0 aromatic heterocycles. The minimum atomic E-state index is 0. The Hall–Kier alpha value is -1.06. The molecule has 2 N–H and O–H groups in total. The second-order valence-corrected chi connectivity index (χ2v) is 6.89. The molecule has 0 radical (unpaired) electrons. The zero-order valence-electron chi connectivity index (χ0n) is 13.8. The van der Waals surface area contributed by atoms with Crippen LogP contribution in [0.15, 0.2) is 30.3 Å². The van der Waals surface area contributed by atoms with Gasteiger partial charge >= 0.3 is 0 Å². The summed E-state index contributed by atoms with van der Waals surface area (Å²) in [5.41, 5.74) is 7.24. The zero-order valence-corrected chi connectivity index (χ0v) is 14.6. The van der Waals surface area contributed by atoms with Crippen LogP contribution in [-0.2, 0) is 11.2 Å². The minimum absolute atomic E-state index is 0. The van der Waals surface area contributed by atoms with Crippen LogP contribution in [0.4, 0.5) is 0 Å². The van der Waals surface area contributed by atoms with Gasteiger partial charge in [-0.3, -0.25) is 4.79 Å². The molecule has 23 heavy (non-hydrogen) atoms. The van der Waals surface area contributed by atoms with Crippen molar-refractivity contribution in [3.63, 3.8) is 0 Å². The zero-order chi connectivity index (χ0) is 15.4. The first-order valence-electron chi connectivity index (χ1n) is 8.84. The summed E-state index contributed by atoms with van der Waals surface area (Å²) in [6, 6.07) is 11.0. The predicted octanol–water partition coefficient (Wildman–Crippen LogP) is 3.41. The van der Waals surface area contributed by atoms with E-state index in [2.05, 4.69) is 35.2 Å². The van der Waals surface area contributed by atoms with Gasteiger partial charge in [-0.1, -0.05) is 36.8 Å². The Bertz CT molecular complexity index is 493. The van der Waals surface area contributed by atoms with E-state index >= 15 is 0 Å². The molecule has 2 fully saturated rings. The molecule has 1 amide bonds. The number of carbonyl (C=O) groups excluding carboxylic acids is 1. The Morgan fingerprint density at radius 3 is 2.65 bits per heavy atom. The summed E-state index contributed by atoms with van der Waals surface area (Å²) in [6.45, 7) is 1.62. The van der Waals surface area contributed by atoms with Crippen LogP contribution in [0.2, 0.25) is 0 Å². The van der Waals surface area contributed by atoms with Crippen LogP contribution in [0.25, 0.3) is 0 Å². The lowest BCUT2D eigenvalue weighted by atomic mass is 9.94. The molecule has 3 atom stereocenters. The van der Waals surface area contributed by atoms with E-state index in [-0.39, 0.29) is 18.3 Å². The van der Waals surface area contributed by atoms with Crippen molar-refractivity contribution >= 4 is 18.3 Å². The lowest BCUT2D eigenvalue weighted by molar-refractivity contribution is -0.137. The van der Waals surface area contributed by atoms with Crippen LogP contribution < -0.4 is 5.73 Å². The van der Waals surface area contributed by atoms with Crippen molar-refractivity contribution in [3.8, 4) is 0 Å². The number of amides is 1. The lowest BCUT2D eigenvalue weighted by Crippen LogP contribution is -2.42. The van der Waals surface area contributed by atoms with Gasteiger partial charge in [0.25, 0.3) is 0 Å². The molecule has 128 valence electrons. The Morgan fingerprint density at radius 2 is 1.91 bits per heavy atom. The van der Waals surface area contributed by atoms with Crippen molar-refractivity contribution in [1.82, 2.24) is 4.90 Å². The van der Waals surface area contributed by atoms with E-state index < -0.39 is 0 Å². The number of halogens is 1. The monoisotopic (exact) mass is 336 g/mol. The molecule has 1 saturated heterocycles. The predicted molar refractivity (Wildman–Crippen MR) is 96.6 cm³/mol. The second kappa shape index (κ2) is 8.70. The molecule has 3 nitrogen and oxygen atoms in total. The lowest BCUT2D eigenvalue weighted by Gasteiger charge is -2.29. The summed E-state index contributed by atoms with van der Waals surface area (Å²) in [5, 5.41) is 0. The average Bonchev–Trinajstić information content (AvgIpc) is 3.22. The molecule has 4 heteroatoms. The summed E-state index contributed by atoms with van der Waals surface area (Å²) < 4.78 is 0. The van der Waals surface area contributed by atoms with Gasteiger partial charge in [-0.15, -0.1) is 12.4 Å². The average molecular weight is 337 g/mol. The molecule has 1 heterocycles. The highest BCUT2D eigenvalue weighted by molar-refractivity contribution is 5.85. The molecule has 0 spiro atoms. The Morgan fingerprint density at radius 1 is 1.13 bits per heavy atom. The summed E-state index contributed by atoms with van der Waals surface area (Å²) in [5.74, 6) is 1.01. The van der Waals surface area contributed by atoms with Crippen molar-refractivity contribution < 1.29 is 4.79 Å². The van der Waals surface area contributed by atoms with Gasteiger partial charge in [0.2, 0.25) is 5.91 Å². The number of aryl methyl sites for hydroxylation is 1. The van der Waals surface area contributed by atoms with Crippen LogP contribution in [0.1, 0.15) is 44.1 Å². The molecule has 2 aliphatic rings. The molecular formula is C19H29ClN2O. The normalized spacial score (nSPS) is 27.0. The van der Waals surface area contributed by atoms with E-state index in [1.807, 2.05) is 0 Å². The van der Waals surface area contributed by atoms with E-state index in [4.69, 9.17) is 5.73 Å². The van der Waals surface area contributed by atoms with Crippen molar-refractivity contribution in [2.24, 2.45) is 17.6 Å². The van der Waals surface area contributed by atoms with Gasteiger partial charge in [-0.05, 0) is 56.6 Å². The van der Waals surface area contributed by atoms with Crippen molar-refractivity contribution in [2.75, 3.05) is 13.1 Å². The Kier molecular flexibility index (Phi) is 6.91. The smallest absolute Gasteiger partial charge is 0.226 e. The minimum Gasteiger partial charge on any atom is -0.339 e. The molecule has 1 aliphatic heterocycles. The van der Waals surface area contributed by atoms with Gasteiger partial charge in [-0.25, -0.2) is 0 Å². The summed E-state index contributed by atoms with van der Waals surface area (Å²) >= 11 is 0. The van der Waals surface area contributed by atoms with Gasteiger partial charge < -0.3 is 10.6 Å². The summed E-state index contributed by atoms with van der Waals surface area (Å²) in [7, 11) is 0. The maximum atomic E-state index is 12.9. The second-order valence-electron chi connectivity index (χ2n) is 6.89. The maximum absolute atomic E-state index is 12.9. The van der Waals surface area contributed by atoms with Crippen LogP contribution in [0.3, 0.4) is 0 Å². The number of nitrogens with zero attached hydrogens (tertiary/aromatic N) is 1. The van der Waals surface area contributed by atoms with Gasteiger partial charge in [0.1, 0.15) is 0 Å². The van der Waals surface area contributed by atoms with Gasteiger partial charge in [0.15, 0.2) is 0 Å². The number of hydrogen-bond acceptors (Lipinski definition) is 2. The van der Waals surface area contributed by atoms with Crippen LogP contribution in [-0.4, -0.2) is 29.9 Å². The van der Waals surface area contributed by atoms with E-state index in [9.17, 15) is 4.79 Å². The fraction of sp³-hybridized carbons (Fsp3) is 0.632. The highest BCUT2D eigenvalue weighted by Gasteiger charge is 2.38. The quantitative estimate of drug-likeness (QED) is 0.895. The van der Waals surface area contributed by atoms with E-state index in [0.717, 1.165) is 38.6 Å². The summed E-state index contributed by atoms with van der Waals surface area (Å²) in [4.78, 5) is 15.1. The van der Waals surface area contributed by atoms with Gasteiger partial charge in [-0.2, -0.15) is 0 Å². The topological polar surface area (TPSA) is 46.3 Å². The molecule has 1 aliphatic carbocycles.